The van der Waals surface area contributed by atoms with Crippen LogP contribution in [-0.2, 0) is 9.53 Å². The zero-order valence-corrected chi connectivity index (χ0v) is 15.8. The van der Waals surface area contributed by atoms with Gasteiger partial charge in [0, 0.05) is 11.4 Å². The first kappa shape index (κ1) is 20.3. The number of halogens is 1. The summed E-state index contributed by atoms with van der Waals surface area (Å²) in [5.41, 5.74) is 6.98. The summed E-state index contributed by atoms with van der Waals surface area (Å²) in [6, 6.07) is 1.58. The normalized spacial score (nSPS) is 11.2. The maximum atomic E-state index is 11.7. The van der Waals surface area contributed by atoms with Crippen LogP contribution in [0.3, 0.4) is 0 Å². The standard InChI is InChI=1S/C18H26ClNO4/c1-11-14(19)10-13(12(2)21)17(16(11)20)23-9-7-6-8-15(22)24-18(3,4)5/h10H,6-9,20H2,1-5H3. The Bertz CT molecular complexity index is 620. The van der Waals surface area contributed by atoms with Crippen LogP contribution in [0.1, 0.15) is 62.9 Å². The maximum Gasteiger partial charge on any atom is 0.306 e. The molecule has 1 aromatic carbocycles. The molecule has 0 aliphatic carbocycles. The van der Waals surface area contributed by atoms with Crippen LogP contribution in [0.4, 0.5) is 5.69 Å². The highest BCUT2D eigenvalue weighted by Crippen LogP contribution is 2.35. The second kappa shape index (κ2) is 8.38. The Kier molecular flexibility index (Phi) is 7.08. The van der Waals surface area contributed by atoms with Crippen LogP contribution in [-0.4, -0.2) is 24.0 Å². The molecule has 2 N–H and O–H groups in total. The van der Waals surface area contributed by atoms with Gasteiger partial charge in [0.05, 0.1) is 17.9 Å². The van der Waals surface area contributed by atoms with Crippen LogP contribution in [0.5, 0.6) is 5.75 Å². The van der Waals surface area contributed by atoms with Crippen molar-refractivity contribution in [2.45, 2.75) is 59.5 Å². The number of nitrogen functional groups attached to an aromatic ring is 1. The molecule has 5 nitrogen and oxygen atoms in total. The summed E-state index contributed by atoms with van der Waals surface area (Å²) < 4.78 is 10.9. The van der Waals surface area contributed by atoms with Gasteiger partial charge in [0.25, 0.3) is 0 Å². The van der Waals surface area contributed by atoms with Gasteiger partial charge in [0.2, 0.25) is 0 Å². The molecule has 0 heterocycles. The van der Waals surface area contributed by atoms with Crippen molar-refractivity contribution in [3.63, 3.8) is 0 Å². The van der Waals surface area contributed by atoms with Crippen molar-refractivity contribution in [2.75, 3.05) is 12.3 Å². The van der Waals surface area contributed by atoms with Gasteiger partial charge in [0.15, 0.2) is 11.5 Å². The van der Waals surface area contributed by atoms with Crippen molar-refractivity contribution in [3.8, 4) is 5.75 Å². The van der Waals surface area contributed by atoms with E-state index in [4.69, 9.17) is 26.8 Å². The minimum absolute atomic E-state index is 0.160. The van der Waals surface area contributed by atoms with E-state index in [-0.39, 0.29) is 11.8 Å². The molecule has 0 amide bonds. The molecule has 0 saturated carbocycles. The third-order valence-corrected chi connectivity index (χ3v) is 3.74. The van der Waals surface area contributed by atoms with Crippen molar-refractivity contribution >= 4 is 29.0 Å². The molecule has 0 aliphatic heterocycles. The number of hydrogen-bond acceptors (Lipinski definition) is 5. The number of carbonyl (C=O) groups excluding carboxylic acids is 2. The topological polar surface area (TPSA) is 78.6 Å². The second-order valence-electron chi connectivity index (χ2n) is 6.72. The van der Waals surface area contributed by atoms with Gasteiger partial charge in [0.1, 0.15) is 5.60 Å². The van der Waals surface area contributed by atoms with Gasteiger partial charge in [-0.1, -0.05) is 11.6 Å². The summed E-state index contributed by atoms with van der Waals surface area (Å²) in [7, 11) is 0. The molecule has 6 heteroatoms. The molecule has 24 heavy (non-hydrogen) atoms. The number of anilines is 1. The number of benzene rings is 1. The van der Waals surface area contributed by atoms with Crippen LogP contribution >= 0.6 is 11.6 Å². The number of rotatable bonds is 7. The van der Waals surface area contributed by atoms with E-state index in [1.165, 1.54) is 6.92 Å². The number of Topliss-reactive ketones (excluding diaryl/α,β-unsaturated/α-hetero) is 1. The van der Waals surface area contributed by atoms with E-state index < -0.39 is 5.60 Å². The van der Waals surface area contributed by atoms with Crippen LogP contribution in [0.25, 0.3) is 0 Å². The quantitative estimate of drug-likeness (QED) is 0.341. The summed E-state index contributed by atoms with van der Waals surface area (Å²) >= 11 is 6.07. The van der Waals surface area contributed by atoms with Crippen molar-refractivity contribution in [1.82, 2.24) is 0 Å². The summed E-state index contributed by atoms with van der Waals surface area (Å²) in [6.45, 7) is 9.08. The molecule has 1 aromatic rings. The fraction of sp³-hybridized carbons (Fsp3) is 0.556. The average Bonchev–Trinajstić information content (AvgIpc) is 2.44. The van der Waals surface area contributed by atoms with Gasteiger partial charge in [-0.25, -0.2) is 0 Å². The largest absolute Gasteiger partial charge is 0.491 e. The molecular formula is C18H26ClNO4. The molecule has 0 saturated heterocycles. The van der Waals surface area contributed by atoms with Crippen molar-refractivity contribution in [1.29, 1.82) is 0 Å². The highest BCUT2D eigenvalue weighted by molar-refractivity contribution is 6.32. The predicted molar refractivity (Wildman–Crippen MR) is 95.8 cm³/mol. The monoisotopic (exact) mass is 355 g/mol. The Morgan fingerprint density at radius 3 is 2.42 bits per heavy atom. The molecule has 134 valence electrons. The van der Waals surface area contributed by atoms with Crippen LogP contribution < -0.4 is 10.5 Å². The highest BCUT2D eigenvalue weighted by atomic mass is 35.5. The molecule has 0 unspecified atom stereocenters. The van der Waals surface area contributed by atoms with Gasteiger partial charge in [-0.2, -0.15) is 0 Å². The van der Waals surface area contributed by atoms with Crippen molar-refractivity contribution < 1.29 is 19.1 Å². The van der Waals surface area contributed by atoms with Gasteiger partial charge in [-0.05, 0) is 59.1 Å². The first-order chi connectivity index (χ1) is 11.0. The van der Waals surface area contributed by atoms with Crippen LogP contribution in [0, 0.1) is 6.92 Å². The Labute approximate surface area is 148 Å². The Morgan fingerprint density at radius 1 is 1.25 bits per heavy atom. The first-order valence-corrected chi connectivity index (χ1v) is 8.35. The lowest BCUT2D eigenvalue weighted by atomic mass is 10.1. The fourth-order valence-corrected chi connectivity index (χ4v) is 2.31. The molecule has 0 spiro atoms. The lowest BCUT2D eigenvalue weighted by molar-refractivity contribution is -0.154. The Balaban J connectivity index is 2.58. The number of unbranched alkanes of at least 4 members (excludes halogenated alkanes) is 1. The van der Waals surface area contributed by atoms with Crippen molar-refractivity contribution in [2.24, 2.45) is 0 Å². The van der Waals surface area contributed by atoms with Gasteiger partial charge < -0.3 is 15.2 Å². The second-order valence-corrected chi connectivity index (χ2v) is 7.13. The SMILES string of the molecule is CC(=O)c1cc(Cl)c(C)c(N)c1OCCCCC(=O)OC(C)(C)C. The van der Waals surface area contributed by atoms with Gasteiger partial charge in [-0.15, -0.1) is 0 Å². The number of ether oxygens (including phenoxy) is 2. The number of esters is 1. The smallest absolute Gasteiger partial charge is 0.306 e. The van der Waals surface area contributed by atoms with E-state index in [1.807, 2.05) is 20.8 Å². The van der Waals surface area contributed by atoms with Gasteiger partial charge in [-0.3, -0.25) is 9.59 Å². The lowest BCUT2D eigenvalue weighted by Gasteiger charge is -2.19. The third-order valence-electron chi connectivity index (χ3n) is 3.34. The molecule has 0 radical (unpaired) electrons. The molecule has 1 rings (SSSR count). The minimum atomic E-state index is -0.473. The van der Waals surface area contributed by atoms with Crippen LogP contribution in [0.2, 0.25) is 5.02 Å². The van der Waals surface area contributed by atoms with E-state index in [1.54, 1.807) is 13.0 Å². The molecule has 0 atom stereocenters. The molecule has 0 bridgehead atoms. The fourth-order valence-electron chi connectivity index (χ4n) is 2.10. The number of nitrogens with two attached hydrogens (primary N) is 1. The minimum Gasteiger partial charge on any atom is -0.491 e. The third kappa shape index (κ3) is 6.04. The Morgan fingerprint density at radius 2 is 1.88 bits per heavy atom. The number of ketones is 1. The Hall–Kier alpha value is -1.75. The zero-order chi connectivity index (χ0) is 18.5. The summed E-state index contributed by atoms with van der Waals surface area (Å²) in [4.78, 5) is 23.4. The summed E-state index contributed by atoms with van der Waals surface area (Å²) in [6.07, 6.45) is 1.61. The van der Waals surface area contributed by atoms with E-state index >= 15 is 0 Å². The molecule has 0 fully saturated rings. The maximum absolute atomic E-state index is 11.7. The zero-order valence-electron chi connectivity index (χ0n) is 15.0. The summed E-state index contributed by atoms with van der Waals surface area (Å²) in [5, 5.41) is 0.440. The molecular weight excluding hydrogens is 330 g/mol. The van der Waals surface area contributed by atoms with E-state index in [2.05, 4.69) is 0 Å². The van der Waals surface area contributed by atoms with Crippen LogP contribution in [0.15, 0.2) is 6.07 Å². The molecule has 0 aromatic heterocycles. The number of hydrogen-bond donors (Lipinski definition) is 1. The van der Waals surface area contributed by atoms with E-state index in [9.17, 15) is 9.59 Å². The van der Waals surface area contributed by atoms with E-state index in [0.717, 1.165) is 0 Å². The van der Waals surface area contributed by atoms with Gasteiger partial charge >= 0.3 is 5.97 Å². The average molecular weight is 356 g/mol. The van der Waals surface area contributed by atoms with Crippen molar-refractivity contribution in [3.05, 3.63) is 22.2 Å². The van der Waals surface area contributed by atoms with E-state index in [0.29, 0.717) is 53.5 Å². The highest BCUT2D eigenvalue weighted by Gasteiger charge is 2.18. The first-order valence-electron chi connectivity index (χ1n) is 7.97. The number of carbonyl (C=O) groups is 2. The summed E-state index contributed by atoms with van der Waals surface area (Å²) in [5.74, 6) is -0.0252. The lowest BCUT2D eigenvalue weighted by Crippen LogP contribution is -2.23. The predicted octanol–water partition coefficient (Wildman–Crippen LogP) is 4.32. The molecule has 0 aliphatic rings.